The molecule has 1 aliphatic heterocycles. The van der Waals surface area contributed by atoms with Gasteiger partial charge in [-0.3, -0.25) is 4.79 Å². The number of rotatable bonds is 4. The van der Waals surface area contributed by atoms with Crippen molar-refractivity contribution < 1.29 is 9.53 Å². The molecular weight excluding hydrogens is 399 g/mol. The number of carbonyl (C=O) groups is 1. The summed E-state index contributed by atoms with van der Waals surface area (Å²) >= 11 is 6.18. The lowest BCUT2D eigenvalue weighted by Crippen LogP contribution is -2.43. The first kappa shape index (κ1) is 20.6. The lowest BCUT2D eigenvalue weighted by molar-refractivity contribution is -0.119. The first-order valence-electron chi connectivity index (χ1n) is 9.00. The van der Waals surface area contributed by atoms with Crippen LogP contribution in [0.5, 0.6) is 0 Å². The van der Waals surface area contributed by atoms with Crippen LogP contribution in [-0.2, 0) is 9.53 Å². The Morgan fingerprint density at radius 1 is 1.21 bits per heavy atom. The molecule has 8 heteroatoms. The molecule has 2 aromatic carbocycles. The number of H-pyrrole nitrogens is 1. The molecule has 1 atom stereocenters. The van der Waals surface area contributed by atoms with E-state index in [1.165, 1.54) is 0 Å². The molecule has 28 heavy (non-hydrogen) atoms. The van der Waals surface area contributed by atoms with Crippen LogP contribution < -0.4 is 11.1 Å². The zero-order chi connectivity index (χ0) is 18.8. The van der Waals surface area contributed by atoms with Crippen LogP contribution >= 0.6 is 24.0 Å². The third kappa shape index (κ3) is 4.31. The zero-order valence-corrected chi connectivity index (χ0v) is 16.7. The van der Waals surface area contributed by atoms with Gasteiger partial charge in [-0.25, -0.2) is 4.98 Å². The molecule has 3 aromatic rings. The molecule has 1 amide bonds. The van der Waals surface area contributed by atoms with Gasteiger partial charge in [0.15, 0.2) is 0 Å². The molecule has 1 saturated heterocycles. The second-order valence-electron chi connectivity index (χ2n) is 6.76. The van der Waals surface area contributed by atoms with Crippen LogP contribution in [-0.4, -0.2) is 35.1 Å². The predicted octanol–water partition coefficient (Wildman–Crippen LogP) is 4.00. The van der Waals surface area contributed by atoms with Gasteiger partial charge in [0, 0.05) is 24.5 Å². The fourth-order valence-corrected chi connectivity index (χ4v) is 3.58. The number of aromatic nitrogens is 2. The third-order valence-corrected chi connectivity index (χ3v) is 5.27. The van der Waals surface area contributed by atoms with Crippen LogP contribution in [0.25, 0.3) is 22.4 Å². The molecule has 1 aliphatic rings. The summed E-state index contributed by atoms with van der Waals surface area (Å²) in [5.41, 5.74) is 9.37. The minimum absolute atomic E-state index is 0. The number of hydrogen-bond acceptors (Lipinski definition) is 4. The Morgan fingerprint density at radius 3 is 2.61 bits per heavy atom. The van der Waals surface area contributed by atoms with E-state index in [-0.39, 0.29) is 24.2 Å². The Labute approximate surface area is 174 Å². The van der Waals surface area contributed by atoms with Crippen molar-refractivity contribution >= 4 is 46.6 Å². The first-order chi connectivity index (χ1) is 13.1. The second kappa shape index (κ2) is 8.92. The summed E-state index contributed by atoms with van der Waals surface area (Å²) in [6, 6.07) is 12.6. The van der Waals surface area contributed by atoms with Gasteiger partial charge in [-0.1, -0.05) is 17.7 Å². The monoisotopic (exact) mass is 420 g/mol. The SMILES string of the molecule is Cl.NC(C(=O)Nc1ccc(-c2nc3c(Cl)cccc3[nH]2)cc1)C1CCOCC1. The number of carbonyl (C=O) groups excluding carboxylic acids is 1. The average Bonchev–Trinajstić information content (AvgIpc) is 3.14. The summed E-state index contributed by atoms with van der Waals surface area (Å²) in [6.45, 7) is 1.34. The standard InChI is InChI=1S/C20H21ClN4O2.ClH/c21-15-2-1-3-16-18(15)25-19(24-16)13-4-6-14(7-5-13)23-20(26)17(22)12-8-10-27-11-9-12;/h1-7,12,17H,8-11,22H2,(H,23,26)(H,24,25);1H. The highest BCUT2D eigenvalue weighted by atomic mass is 35.5. The summed E-state index contributed by atoms with van der Waals surface area (Å²) in [5, 5.41) is 3.51. The van der Waals surface area contributed by atoms with Crippen LogP contribution in [0.3, 0.4) is 0 Å². The zero-order valence-electron chi connectivity index (χ0n) is 15.2. The van der Waals surface area contributed by atoms with Crippen molar-refractivity contribution in [2.75, 3.05) is 18.5 Å². The number of amides is 1. The smallest absolute Gasteiger partial charge is 0.241 e. The summed E-state index contributed by atoms with van der Waals surface area (Å²) < 4.78 is 5.33. The number of ether oxygens (including phenoxy) is 1. The van der Waals surface area contributed by atoms with E-state index < -0.39 is 6.04 Å². The number of nitrogens with two attached hydrogens (primary N) is 1. The van der Waals surface area contributed by atoms with E-state index in [1.54, 1.807) is 0 Å². The number of nitrogens with zero attached hydrogens (tertiary/aromatic N) is 1. The van der Waals surface area contributed by atoms with Crippen molar-refractivity contribution in [2.24, 2.45) is 11.7 Å². The maximum Gasteiger partial charge on any atom is 0.241 e. The average molecular weight is 421 g/mol. The summed E-state index contributed by atoms with van der Waals surface area (Å²) in [6.07, 6.45) is 1.64. The Bertz CT molecular complexity index is 952. The number of nitrogens with one attached hydrogen (secondary N) is 2. The van der Waals surface area contributed by atoms with E-state index in [0.29, 0.717) is 23.9 Å². The number of hydrogen-bond donors (Lipinski definition) is 3. The van der Waals surface area contributed by atoms with Gasteiger partial charge in [0.1, 0.15) is 11.3 Å². The summed E-state index contributed by atoms with van der Waals surface area (Å²) in [5.74, 6) is 0.735. The fourth-order valence-electron chi connectivity index (χ4n) is 3.36. The molecule has 0 spiro atoms. The molecule has 0 aliphatic carbocycles. The number of imidazole rings is 1. The fraction of sp³-hybridized carbons (Fsp3) is 0.300. The van der Waals surface area contributed by atoms with Crippen LogP contribution in [0.4, 0.5) is 5.69 Å². The lowest BCUT2D eigenvalue weighted by Gasteiger charge is -2.26. The molecule has 4 rings (SSSR count). The van der Waals surface area contributed by atoms with E-state index in [2.05, 4.69) is 15.3 Å². The topological polar surface area (TPSA) is 93.0 Å². The summed E-state index contributed by atoms with van der Waals surface area (Å²) in [4.78, 5) is 20.2. The Hall–Kier alpha value is -2.12. The number of halogens is 2. The quantitative estimate of drug-likeness (QED) is 0.594. The minimum atomic E-state index is -0.522. The van der Waals surface area contributed by atoms with Gasteiger partial charge in [-0.15, -0.1) is 12.4 Å². The lowest BCUT2D eigenvalue weighted by atomic mass is 9.92. The number of anilines is 1. The van der Waals surface area contributed by atoms with Gasteiger partial charge in [0.2, 0.25) is 5.91 Å². The maximum absolute atomic E-state index is 12.4. The molecule has 1 fully saturated rings. The van der Waals surface area contributed by atoms with E-state index in [9.17, 15) is 4.79 Å². The molecule has 1 aromatic heterocycles. The van der Waals surface area contributed by atoms with Gasteiger partial charge < -0.3 is 20.8 Å². The number of aromatic amines is 1. The van der Waals surface area contributed by atoms with E-state index in [1.807, 2.05) is 42.5 Å². The van der Waals surface area contributed by atoms with Gasteiger partial charge in [0.05, 0.1) is 16.6 Å². The first-order valence-corrected chi connectivity index (χ1v) is 9.38. The van der Waals surface area contributed by atoms with Crippen LogP contribution in [0.1, 0.15) is 12.8 Å². The molecule has 0 saturated carbocycles. The molecular formula is C20H22Cl2N4O2. The van der Waals surface area contributed by atoms with Gasteiger partial charge in [-0.05, 0) is 55.2 Å². The van der Waals surface area contributed by atoms with Crippen LogP contribution in [0, 0.1) is 5.92 Å². The minimum Gasteiger partial charge on any atom is -0.381 e. The van der Waals surface area contributed by atoms with Crippen molar-refractivity contribution in [3.63, 3.8) is 0 Å². The largest absolute Gasteiger partial charge is 0.381 e. The van der Waals surface area contributed by atoms with Gasteiger partial charge in [0.25, 0.3) is 0 Å². The normalized spacial score (nSPS) is 15.8. The van der Waals surface area contributed by atoms with Crippen LogP contribution in [0.15, 0.2) is 42.5 Å². The van der Waals surface area contributed by atoms with E-state index in [0.717, 1.165) is 35.3 Å². The molecule has 4 N–H and O–H groups in total. The molecule has 0 bridgehead atoms. The Kier molecular flexibility index (Phi) is 6.57. The van der Waals surface area contributed by atoms with Crippen molar-refractivity contribution in [3.8, 4) is 11.4 Å². The predicted molar refractivity (Wildman–Crippen MR) is 114 cm³/mol. The highest BCUT2D eigenvalue weighted by molar-refractivity contribution is 6.35. The Morgan fingerprint density at radius 2 is 1.93 bits per heavy atom. The van der Waals surface area contributed by atoms with Gasteiger partial charge >= 0.3 is 0 Å². The summed E-state index contributed by atoms with van der Waals surface area (Å²) in [7, 11) is 0. The number of fused-ring (bicyclic) bond motifs is 1. The van der Waals surface area contributed by atoms with Gasteiger partial charge in [-0.2, -0.15) is 0 Å². The number of benzene rings is 2. The Balaban J connectivity index is 0.00000225. The van der Waals surface area contributed by atoms with Crippen molar-refractivity contribution in [1.29, 1.82) is 0 Å². The molecule has 2 heterocycles. The highest BCUT2D eigenvalue weighted by Crippen LogP contribution is 2.26. The van der Waals surface area contributed by atoms with Crippen LogP contribution in [0.2, 0.25) is 5.02 Å². The molecule has 148 valence electrons. The van der Waals surface area contributed by atoms with Crippen molar-refractivity contribution in [3.05, 3.63) is 47.5 Å². The second-order valence-corrected chi connectivity index (χ2v) is 7.17. The molecule has 6 nitrogen and oxygen atoms in total. The molecule has 0 radical (unpaired) electrons. The van der Waals surface area contributed by atoms with Crippen molar-refractivity contribution in [2.45, 2.75) is 18.9 Å². The van der Waals surface area contributed by atoms with E-state index >= 15 is 0 Å². The van der Waals surface area contributed by atoms with E-state index in [4.69, 9.17) is 22.1 Å². The van der Waals surface area contributed by atoms with Crippen molar-refractivity contribution in [1.82, 2.24) is 9.97 Å². The molecule has 1 unspecified atom stereocenters. The highest BCUT2D eigenvalue weighted by Gasteiger charge is 2.26. The number of para-hydroxylation sites is 1. The maximum atomic E-state index is 12.4. The third-order valence-electron chi connectivity index (χ3n) is 4.97.